The topological polar surface area (TPSA) is 47.6 Å². The Kier molecular flexibility index (Phi) is 5.08. The van der Waals surface area contributed by atoms with Crippen LogP contribution in [0, 0.1) is 11.3 Å². The molecule has 1 aliphatic carbocycles. The molecule has 4 heteroatoms. The van der Waals surface area contributed by atoms with E-state index in [2.05, 4.69) is 19.2 Å². The molecule has 20 heavy (non-hydrogen) atoms. The van der Waals surface area contributed by atoms with Gasteiger partial charge in [-0.1, -0.05) is 6.42 Å². The Bertz CT molecular complexity index is 337. The third-order valence-electron chi connectivity index (χ3n) is 4.73. The van der Waals surface area contributed by atoms with Crippen molar-refractivity contribution in [1.29, 1.82) is 0 Å². The predicted octanol–water partition coefficient (Wildman–Crippen LogP) is 2.51. The fourth-order valence-electron chi connectivity index (χ4n) is 3.24. The predicted molar refractivity (Wildman–Crippen MR) is 78.5 cm³/mol. The molecule has 0 radical (unpaired) electrons. The average molecular weight is 283 g/mol. The van der Waals surface area contributed by atoms with E-state index in [9.17, 15) is 4.79 Å². The molecule has 1 N–H and O–H groups in total. The Balaban J connectivity index is 1.79. The lowest BCUT2D eigenvalue weighted by atomic mass is 9.69. The van der Waals surface area contributed by atoms with Gasteiger partial charge in [-0.2, -0.15) is 0 Å². The van der Waals surface area contributed by atoms with Crippen LogP contribution in [0.15, 0.2) is 0 Å². The molecule has 0 spiro atoms. The smallest absolute Gasteiger partial charge is 0.223 e. The second kappa shape index (κ2) is 6.44. The van der Waals surface area contributed by atoms with E-state index < -0.39 is 0 Å². The molecule has 1 heterocycles. The first-order valence-electron chi connectivity index (χ1n) is 7.96. The maximum absolute atomic E-state index is 12.3. The van der Waals surface area contributed by atoms with Gasteiger partial charge in [-0.3, -0.25) is 4.79 Å². The second-order valence-electron chi connectivity index (χ2n) is 7.01. The lowest BCUT2D eigenvalue weighted by molar-refractivity contribution is -0.136. The Labute approximate surface area is 122 Å². The first-order valence-corrected chi connectivity index (χ1v) is 7.96. The van der Waals surface area contributed by atoms with Crippen LogP contribution in [-0.2, 0) is 14.3 Å². The summed E-state index contributed by atoms with van der Waals surface area (Å²) in [6.07, 6.45) is 5.26. The third-order valence-corrected chi connectivity index (χ3v) is 4.73. The number of rotatable bonds is 6. The van der Waals surface area contributed by atoms with Crippen molar-refractivity contribution in [3.8, 4) is 0 Å². The van der Waals surface area contributed by atoms with Gasteiger partial charge in [0.15, 0.2) is 0 Å². The van der Waals surface area contributed by atoms with Gasteiger partial charge in [0.25, 0.3) is 0 Å². The van der Waals surface area contributed by atoms with E-state index in [1.807, 2.05) is 6.92 Å². The Hall–Kier alpha value is -0.610. The van der Waals surface area contributed by atoms with Gasteiger partial charge in [0.2, 0.25) is 5.91 Å². The molecule has 0 unspecified atom stereocenters. The number of hydrogen-bond acceptors (Lipinski definition) is 3. The van der Waals surface area contributed by atoms with Crippen molar-refractivity contribution in [3.63, 3.8) is 0 Å². The van der Waals surface area contributed by atoms with Crippen molar-refractivity contribution in [1.82, 2.24) is 5.32 Å². The summed E-state index contributed by atoms with van der Waals surface area (Å²) < 4.78 is 11.3. The van der Waals surface area contributed by atoms with Gasteiger partial charge in [-0.15, -0.1) is 0 Å². The molecule has 2 aliphatic rings. The number of nitrogens with one attached hydrogen (secondary N) is 1. The zero-order valence-corrected chi connectivity index (χ0v) is 13.2. The van der Waals surface area contributed by atoms with Crippen LogP contribution in [0.4, 0.5) is 0 Å². The normalized spacial score (nSPS) is 27.6. The van der Waals surface area contributed by atoms with Crippen molar-refractivity contribution in [2.24, 2.45) is 11.3 Å². The summed E-state index contributed by atoms with van der Waals surface area (Å²) in [6, 6.07) is 0. The number of carbonyl (C=O) groups excluding carboxylic acids is 1. The van der Waals surface area contributed by atoms with Gasteiger partial charge in [-0.05, 0) is 46.5 Å². The fourth-order valence-corrected chi connectivity index (χ4v) is 3.24. The fraction of sp³-hybridized carbons (Fsp3) is 0.938. The number of amides is 1. The van der Waals surface area contributed by atoms with Crippen LogP contribution in [0.3, 0.4) is 0 Å². The second-order valence-corrected chi connectivity index (χ2v) is 7.01. The summed E-state index contributed by atoms with van der Waals surface area (Å²) >= 11 is 0. The molecule has 0 aromatic heterocycles. The van der Waals surface area contributed by atoms with E-state index in [4.69, 9.17) is 9.47 Å². The Morgan fingerprint density at radius 2 is 2.15 bits per heavy atom. The van der Waals surface area contributed by atoms with E-state index >= 15 is 0 Å². The van der Waals surface area contributed by atoms with Gasteiger partial charge in [0, 0.05) is 31.1 Å². The quantitative estimate of drug-likeness (QED) is 0.815. The van der Waals surface area contributed by atoms with Crippen molar-refractivity contribution >= 4 is 5.91 Å². The molecule has 1 amide bonds. The Morgan fingerprint density at radius 3 is 2.70 bits per heavy atom. The van der Waals surface area contributed by atoms with E-state index in [0.29, 0.717) is 6.61 Å². The van der Waals surface area contributed by atoms with Gasteiger partial charge >= 0.3 is 0 Å². The molecular formula is C16H29NO3. The van der Waals surface area contributed by atoms with Gasteiger partial charge < -0.3 is 14.8 Å². The SMILES string of the molecule is CCOCC1(CNC(=O)[C@@H]2CCOC(C)(C)C2)CCC1. The monoisotopic (exact) mass is 283 g/mol. The molecule has 2 rings (SSSR count). The molecule has 0 bridgehead atoms. The molecule has 1 aliphatic heterocycles. The zero-order valence-electron chi connectivity index (χ0n) is 13.2. The molecule has 2 fully saturated rings. The third kappa shape index (κ3) is 3.95. The van der Waals surface area contributed by atoms with Crippen LogP contribution in [0.5, 0.6) is 0 Å². The number of carbonyl (C=O) groups is 1. The highest BCUT2D eigenvalue weighted by Gasteiger charge is 2.39. The largest absolute Gasteiger partial charge is 0.381 e. The van der Waals surface area contributed by atoms with E-state index in [-0.39, 0.29) is 22.8 Å². The molecule has 1 atom stereocenters. The summed E-state index contributed by atoms with van der Waals surface area (Å²) in [5.74, 6) is 0.298. The van der Waals surface area contributed by atoms with Crippen LogP contribution < -0.4 is 5.32 Å². The van der Waals surface area contributed by atoms with Gasteiger partial charge in [0.1, 0.15) is 0 Å². The first-order chi connectivity index (χ1) is 9.46. The van der Waals surface area contributed by atoms with Crippen LogP contribution >= 0.6 is 0 Å². The standard InChI is InChI=1S/C16H29NO3/c1-4-19-12-16(7-5-8-16)11-17-14(18)13-6-9-20-15(2,3)10-13/h13H,4-12H2,1-3H3,(H,17,18)/t13-/m1/s1. The summed E-state index contributed by atoms with van der Waals surface area (Å²) in [7, 11) is 0. The lowest BCUT2D eigenvalue weighted by Crippen LogP contribution is -2.48. The summed E-state index contributed by atoms with van der Waals surface area (Å²) in [6.45, 7) is 9.14. The highest BCUT2D eigenvalue weighted by molar-refractivity contribution is 5.78. The highest BCUT2D eigenvalue weighted by Crippen LogP contribution is 2.40. The van der Waals surface area contributed by atoms with Crippen LogP contribution in [0.1, 0.15) is 52.9 Å². The average Bonchev–Trinajstić information content (AvgIpc) is 2.35. The lowest BCUT2D eigenvalue weighted by Gasteiger charge is -2.42. The van der Waals surface area contributed by atoms with Gasteiger partial charge in [0.05, 0.1) is 12.2 Å². The minimum Gasteiger partial charge on any atom is -0.381 e. The molecule has 0 aromatic carbocycles. The molecular weight excluding hydrogens is 254 g/mol. The zero-order chi connectivity index (χ0) is 14.6. The summed E-state index contributed by atoms with van der Waals surface area (Å²) in [5, 5.41) is 3.17. The molecule has 0 aromatic rings. The van der Waals surface area contributed by atoms with Crippen molar-refractivity contribution in [3.05, 3.63) is 0 Å². The summed E-state index contributed by atoms with van der Waals surface area (Å²) in [5.41, 5.74) is 0.0338. The molecule has 1 saturated heterocycles. The van der Waals surface area contributed by atoms with E-state index in [1.165, 1.54) is 19.3 Å². The van der Waals surface area contributed by atoms with Crippen LogP contribution in [0.25, 0.3) is 0 Å². The van der Waals surface area contributed by atoms with Gasteiger partial charge in [-0.25, -0.2) is 0 Å². The van der Waals surface area contributed by atoms with Crippen molar-refractivity contribution < 1.29 is 14.3 Å². The molecule has 1 saturated carbocycles. The first kappa shape index (κ1) is 15.8. The van der Waals surface area contributed by atoms with E-state index in [1.54, 1.807) is 0 Å². The van der Waals surface area contributed by atoms with Crippen LogP contribution in [0.2, 0.25) is 0 Å². The maximum Gasteiger partial charge on any atom is 0.223 e. The molecule has 4 nitrogen and oxygen atoms in total. The summed E-state index contributed by atoms with van der Waals surface area (Å²) in [4.78, 5) is 12.3. The highest BCUT2D eigenvalue weighted by atomic mass is 16.5. The van der Waals surface area contributed by atoms with Crippen molar-refractivity contribution in [2.75, 3.05) is 26.4 Å². The number of ether oxygens (including phenoxy) is 2. The van der Waals surface area contributed by atoms with Crippen molar-refractivity contribution in [2.45, 2.75) is 58.5 Å². The minimum atomic E-state index is -0.167. The van der Waals surface area contributed by atoms with E-state index in [0.717, 1.165) is 32.6 Å². The van der Waals surface area contributed by atoms with Crippen LogP contribution in [-0.4, -0.2) is 37.9 Å². The Morgan fingerprint density at radius 1 is 1.40 bits per heavy atom. The minimum absolute atomic E-state index is 0.1000. The molecule has 116 valence electrons. The maximum atomic E-state index is 12.3. The number of hydrogen-bond donors (Lipinski definition) is 1.